The van der Waals surface area contributed by atoms with Crippen LogP contribution in [-0.4, -0.2) is 20.0 Å². The Labute approximate surface area is 77.3 Å². The van der Waals surface area contributed by atoms with Crippen LogP contribution >= 0.6 is 0 Å². The fraction of sp³-hybridized carbons (Fsp3) is 0.300. The SMILES string of the molecule is COc1ccccc1COCC=O. The van der Waals surface area contributed by atoms with Crippen molar-refractivity contribution in [2.75, 3.05) is 13.7 Å². The Morgan fingerprint density at radius 2 is 2.15 bits per heavy atom. The Balaban J connectivity index is 2.58. The van der Waals surface area contributed by atoms with E-state index in [1.165, 1.54) is 0 Å². The second-order valence-corrected chi connectivity index (χ2v) is 2.49. The summed E-state index contributed by atoms with van der Waals surface area (Å²) in [6.45, 7) is 0.529. The summed E-state index contributed by atoms with van der Waals surface area (Å²) < 4.78 is 10.2. The Bertz CT molecular complexity index is 271. The molecule has 0 aliphatic rings. The third-order valence-corrected chi connectivity index (χ3v) is 1.64. The number of aldehydes is 1. The van der Waals surface area contributed by atoms with Crippen LogP contribution in [0.25, 0.3) is 0 Å². The minimum atomic E-state index is 0.123. The number of carbonyl (C=O) groups excluding carboxylic acids is 1. The van der Waals surface area contributed by atoms with Crippen molar-refractivity contribution in [2.24, 2.45) is 0 Å². The molecule has 0 fully saturated rings. The zero-order valence-electron chi connectivity index (χ0n) is 7.53. The van der Waals surface area contributed by atoms with Gasteiger partial charge in [-0.05, 0) is 6.07 Å². The molecule has 13 heavy (non-hydrogen) atoms. The molecule has 0 bridgehead atoms. The summed E-state index contributed by atoms with van der Waals surface area (Å²) in [6.07, 6.45) is 0.732. The summed E-state index contributed by atoms with van der Waals surface area (Å²) in [6, 6.07) is 7.56. The molecule has 0 saturated carbocycles. The highest BCUT2D eigenvalue weighted by molar-refractivity contribution is 5.50. The summed E-state index contributed by atoms with van der Waals surface area (Å²) in [5.74, 6) is 0.786. The lowest BCUT2D eigenvalue weighted by atomic mass is 10.2. The normalized spacial score (nSPS) is 9.62. The van der Waals surface area contributed by atoms with Crippen molar-refractivity contribution >= 4 is 6.29 Å². The zero-order valence-corrected chi connectivity index (χ0v) is 7.53. The molecular formula is C10H12O3. The van der Waals surface area contributed by atoms with Crippen molar-refractivity contribution in [3.63, 3.8) is 0 Å². The highest BCUT2D eigenvalue weighted by Crippen LogP contribution is 2.17. The first-order valence-electron chi connectivity index (χ1n) is 4.01. The number of carbonyl (C=O) groups is 1. The molecule has 70 valence electrons. The van der Waals surface area contributed by atoms with Gasteiger partial charge in [0.2, 0.25) is 0 Å². The lowest BCUT2D eigenvalue weighted by Crippen LogP contribution is -1.98. The molecule has 0 aliphatic heterocycles. The third kappa shape index (κ3) is 2.87. The van der Waals surface area contributed by atoms with Gasteiger partial charge in [-0.3, -0.25) is 0 Å². The molecule has 3 nitrogen and oxygen atoms in total. The van der Waals surface area contributed by atoms with E-state index < -0.39 is 0 Å². The minimum absolute atomic E-state index is 0.123. The topological polar surface area (TPSA) is 35.5 Å². The Morgan fingerprint density at radius 1 is 1.38 bits per heavy atom. The standard InChI is InChI=1S/C10H12O3/c1-12-10-5-3-2-4-9(10)8-13-7-6-11/h2-6H,7-8H2,1H3. The smallest absolute Gasteiger partial charge is 0.145 e. The maximum atomic E-state index is 9.99. The van der Waals surface area contributed by atoms with Crippen LogP contribution in [0.15, 0.2) is 24.3 Å². The number of para-hydroxylation sites is 1. The van der Waals surface area contributed by atoms with Crippen LogP contribution in [0.5, 0.6) is 5.75 Å². The third-order valence-electron chi connectivity index (χ3n) is 1.64. The molecule has 3 heteroatoms. The minimum Gasteiger partial charge on any atom is -0.496 e. The first-order valence-corrected chi connectivity index (χ1v) is 4.01. The highest BCUT2D eigenvalue weighted by atomic mass is 16.5. The van der Waals surface area contributed by atoms with Gasteiger partial charge < -0.3 is 14.3 Å². The molecule has 0 aliphatic carbocycles. The van der Waals surface area contributed by atoms with E-state index in [-0.39, 0.29) is 6.61 Å². The van der Waals surface area contributed by atoms with E-state index in [0.29, 0.717) is 6.61 Å². The van der Waals surface area contributed by atoms with Gasteiger partial charge in [0.05, 0.1) is 13.7 Å². The Hall–Kier alpha value is -1.35. The summed E-state index contributed by atoms with van der Waals surface area (Å²) in [5.41, 5.74) is 0.951. The van der Waals surface area contributed by atoms with Crippen molar-refractivity contribution in [3.05, 3.63) is 29.8 Å². The van der Waals surface area contributed by atoms with Gasteiger partial charge in [0, 0.05) is 5.56 Å². The Morgan fingerprint density at radius 3 is 2.85 bits per heavy atom. The number of benzene rings is 1. The van der Waals surface area contributed by atoms with Crippen LogP contribution in [0.2, 0.25) is 0 Å². The second kappa shape index (κ2) is 5.32. The fourth-order valence-corrected chi connectivity index (χ4v) is 1.04. The quantitative estimate of drug-likeness (QED) is 0.507. The lowest BCUT2D eigenvalue weighted by Gasteiger charge is -2.06. The number of ether oxygens (including phenoxy) is 2. The second-order valence-electron chi connectivity index (χ2n) is 2.49. The molecule has 0 spiro atoms. The molecule has 0 radical (unpaired) electrons. The highest BCUT2D eigenvalue weighted by Gasteiger charge is 2.00. The van der Waals surface area contributed by atoms with Gasteiger partial charge in [-0.1, -0.05) is 18.2 Å². The predicted octanol–water partition coefficient (Wildman–Crippen LogP) is 1.41. The van der Waals surface area contributed by atoms with Gasteiger partial charge in [-0.15, -0.1) is 0 Å². The van der Waals surface area contributed by atoms with Crippen molar-refractivity contribution in [1.82, 2.24) is 0 Å². The van der Waals surface area contributed by atoms with E-state index in [4.69, 9.17) is 9.47 Å². The molecule has 0 atom stereocenters. The van der Waals surface area contributed by atoms with Crippen LogP contribution in [0.1, 0.15) is 5.56 Å². The number of hydrogen-bond donors (Lipinski definition) is 0. The molecule has 0 N–H and O–H groups in total. The molecule has 0 unspecified atom stereocenters. The summed E-state index contributed by atoms with van der Waals surface area (Å²) >= 11 is 0. The van der Waals surface area contributed by atoms with Crippen LogP contribution in [0.3, 0.4) is 0 Å². The van der Waals surface area contributed by atoms with Crippen LogP contribution in [0, 0.1) is 0 Å². The maximum Gasteiger partial charge on any atom is 0.145 e. The number of rotatable bonds is 5. The van der Waals surface area contributed by atoms with E-state index in [1.807, 2.05) is 24.3 Å². The largest absolute Gasteiger partial charge is 0.496 e. The van der Waals surface area contributed by atoms with Crippen molar-refractivity contribution in [1.29, 1.82) is 0 Å². The molecule has 0 aromatic heterocycles. The summed E-state index contributed by atoms with van der Waals surface area (Å²) in [4.78, 5) is 9.99. The first kappa shape index (κ1) is 9.74. The van der Waals surface area contributed by atoms with E-state index in [2.05, 4.69) is 0 Å². The van der Waals surface area contributed by atoms with Crippen molar-refractivity contribution < 1.29 is 14.3 Å². The molecule has 1 aromatic rings. The molecule has 1 rings (SSSR count). The summed E-state index contributed by atoms with van der Waals surface area (Å²) in [5, 5.41) is 0. The number of hydrogen-bond acceptors (Lipinski definition) is 3. The van der Waals surface area contributed by atoms with Crippen LogP contribution in [0.4, 0.5) is 0 Å². The lowest BCUT2D eigenvalue weighted by molar-refractivity contribution is -0.112. The predicted molar refractivity (Wildman–Crippen MR) is 48.7 cm³/mol. The van der Waals surface area contributed by atoms with Crippen LogP contribution in [-0.2, 0) is 16.1 Å². The zero-order chi connectivity index (χ0) is 9.52. The molecular weight excluding hydrogens is 168 g/mol. The first-order chi connectivity index (χ1) is 6.38. The van der Waals surface area contributed by atoms with Gasteiger partial charge in [-0.25, -0.2) is 0 Å². The van der Waals surface area contributed by atoms with E-state index in [0.717, 1.165) is 17.6 Å². The maximum absolute atomic E-state index is 9.99. The van der Waals surface area contributed by atoms with Crippen LogP contribution < -0.4 is 4.74 Å². The molecule has 0 heterocycles. The van der Waals surface area contributed by atoms with E-state index in [9.17, 15) is 4.79 Å². The Kier molecular flexibility index (Phi) is 3.99. The van der Waals surface area contributed by atoms with Gasteiger partial charge in [0.15, 0.2) is 0 Å². The van der Waals surface area contributed by atoms with Gasteiger partial charge in [-0.2, -0.15) is 0 Å². The van der Waals surface area contributed by atoms with Crippen molar-refractivity contribution in [2.45, 2.75) is 6.61 Å². The van der Waals surface area contributed by atoms with E-state index in [1.54, 1.807) is 7.11 Å². The van der Waals surface area contributed by atoms with E-state index >= 15 is 0 Å². The van der Waals surface area contributed by atoms with Crippen molar-refractivity contribution in [3.8, 4) is 5.75 Å². The molecule has 1 aromatic carbocycles. The summed E-state index contributed by atoms with van der Waals surface area (Å²) in [7, 11) is 1.61. The van der Waals surface area contributed by atoms with Gasteiger partial charge in [0.25, 0.3) is 0 Å². The number of methoxy groups -OCH3 is 1. The van der Waals surface area contributed by atoms with Gasteiger partial charge >= 0.3 is 0 Å². The van der Waals surface area contributed by atoms with Gasteiger partial charge in [0.1, 0.15) is 18.6 Å². The molecule has 0 amide bonds. The monoisotopic (exact) mass is 180 g/mol. The fourth-order valence-electron chi connectivity index (χ4n) is 1.04. The molecule has 0 saturated heterocycles. The average molecular weight is 180 g/mol. The average Bonchev–Trinajstić information content (AvgIpc) is 2.19.